The van der Waals surface area contributed by atoms with Crippen LogP contribution in [0.2, 0.25) is 0 Å². The zero-order chi connectivity index (χ0) is 19.4. The molecule has 2 aromatic rings. The van der Waals surface area contributed by atoms with Crippen molar-refractivity contribution in [1.29, 1.82) is 0 Å². The molecule has 1 aromatic heterocycles. The zero-order valence-electron chi connectivity index (χ0n) is 15.3. The van der Waals surface area contributed by atoms with Gasteiger partial charge >= 0.3 is 11.9 Å². The van der Waals surface area contributed by atoms with E-state index in [-0.39, 0.29) is 31.0 Å². The van der Waals surface area contributed by atoms with Gasteiger partial charge < -0.3 is 9.47 Å². The number of benzene rings is 1. The van der Waals surface area contributed by atoms with Crippen molar-refractivity contribution in [3.05, 3.63) is 41.7 Å². The lowest BCUT2D eigenvalue weighted by Crippen LogP contribution is -2.30. The molecule has 0 N–H and O–H groups in total. The summed E-state index contributed by atoms with van der Waals surface area (Å²) in [5, 5.41) is 8.23. The van der Waals surface area contributed by atoms with E-state index in [2.05, 4.69) is 16.2 Å². The zero-order valence-corrected chi connectivity index (χ0v) is 15.3. The van der Waals surface area contributed by atoms with Gasteiger partial charge in [-0.3, -0.25) is 9.59 Å². The van der Waals surface area contributed by atoms with E-state index in [1.807, 2.05) is 26.0 Å². The quantitative estimate of drug-likeness (QED) is 0.469. The van der Waals surface area contributed by atoms with E-state index in [0.29, 0.717) is 24.3 Å². The summed E-state index contributed by atoms with van der Waals surface area (Å²) in [5.41, 5.74) is 0.849. The van der Waals surface area contributed by atoms with Crippen molar-refractivity contribution in [1.82, 2.24) is 15.0 Å². The molecule has 1 atom stereocenters. The number of aromatic nitrogens is 3. The summed E-state index contributed by atoms with van der Waals surface area (Å²) in [5.74, 6) is 2.22. The number of carbonyl (C=O) groups excluding carboxylic acids is 2. The summed E-state index contributed by atoms with van der Waals surface area (Å²) in [7, 11) is 0. The lowest BCUT2D eigenvalue weighted by atomic mass is 9.83. The van der Waals surface area contributed by atoms with Crippen LogP contribution in [0.15, 0.2) is 30.5 Å². The summed E-state index contributed by atoms with van der Waals surface area (Å²) >= 11 is 0. The van der Waals surface area contributed by atoms with E-state index in [1.165, 1.54) is 0 Å². The summed E-state index contributed by atoms with van der Waals surface area (Å²) in [6.45, 7) is 3.82. The van der Waals surface area contributed by atoms with Gasteiger partial charge in [-0.15, -0.1) is 17.4 Å². The molecular formula is C20H21N3O4. The van der Waals surface area contributed by atoms with Crippen molar-refractivity contribution in [3.8, 4) is 18.1 Å². The summed E-state index contributed by atoms with van der Waals surface area (Å²) in [4.78, 5) is 24.0. The molecule has 0 fully saturated rings. The molecule has 1 aliphatic heterocycles. The number of cyclic esters (lactones) is 1. The van der Waals surface area contributed by atoms with Crippen molar-refractivity contribution in [3.63, 3.8) is 0 Å². The number of nitrogens with zero attached hydrogens (tertiary/aromatic N) is 3. The second-order valence-electron chi connectivity index (χ2n) is 7.12. The summed E-state index contributed by atoms with van der Waals surface area (Å²) < 4.78 is 12.3. The maximum Gasteiger partial charge on any atom is 0.312 e. The molecule has 3 rings (SSSR count). The molecule has 27 heavy (non-hydrogen) atoms. The highest BCUT2D eigenvalue weighted by Crippen LogP contribution is 2.35. The molecule has 0 radical (unpaired) electrons. The number of rotatable bonds is 4. The lowest BCUT2D eigenvalue weighted by Gasteiger charge is -2.27. The Morgan fingerprint density at radius 3 is 2.85 bits per heavy atom. The first kappa shape index (κ1) is 18.6. The Kier molecular flexibility index (Phi) is 5.26. The molecule has 0 spiro atoms. The second kappa shape index (κ2) is 7.62. The van der Waals surface area contributed by atoms with Gasteiger partial charge in [0.2, 0.25) is 0 Å². The first-order valence-electron chi connectivity index (χ1n) is 8.71. The molecule has 0 amide bonds. The Morgan fingerprint density at radius 2 is 2.15 bits per heavy atom. The Hall–Kier alpha value is -3.14. The fraction of sp³-hybridized carbons (Fsp3) is 0.400. The molecule has 1 aromatic carbocycles. The number of fused-ring (bicyclic) bond motifs is 2. The molecule has 0 aliphatic carbocycles. The second-order valence-corrected chi connectivity index (χ2v) is 7.12. The minimum absolute atomic E-state index is 0.113. The van der Waals surface area contributed by atoms with Gasteiger partial charge in [0.25, 0.3) is 0 Å². The highest BCUT2D eigenvalue weighted by atomic mass is 16.5. The third kappa shape index (κ3) is 4.34. The van der Waals surface area contributed by atoms with Crippen LogP contribution in [-0.4, -0.2) is 26.9 Å². The van der Waals surface area contributed by atoms with Gasteiger partial charge in [0.1, 0.15) is 18.1 Å². The fourth-order valence-corrected chi connectivity index (χ4v) is 2.91. The number of ether oxygens (including phenoxy) is 2. The highest BCUT2D eigenvalue weighted by Gasteiger charge is 2.35. The van der Waals surface area contributed by atoms with Gasteiger partial charge in [-0.05, 0) is 38.0 Å². The van der Waals surface area contributed by atoms with Crippen LogP contribution < -0.4 is 4.74 Å². The van der Waals surface area contributed by atoms with Crippen LogP contribution >= 0.6 is 0 Å². The molecule has 0 saturated heterocycles. The van der Waals surface area contributed by atoms with Gasteiger partial charge in [-0.25, -0.2) is 4.68 Å². The third-order valence-corrected chi connectivity index (χ3v) is 4.45. The van der Waals surface area contributed by atoms with Gasteiger partial charge in [0.15, 0.2) is 0 Å². The maximum atomic E-state index is 12.3. The van der Waals surface area contributed by atoms with Crippen molar-refractivity contribution in [2.75, 3.05) is 0 Å². The van der Waals surface area contributed by atoms with Crippen LogP contribution in [0, 0.1) is 17.8 Å². The molecule has 2 heterocycles. The molecule has 1 aliphatic rings. The van der Waals surface area contributed by atoms with Crippen LogP contribution in [0.4, 0.5) is 0 Å². The largest absolute Gasteiger partial charge is 0.459 e. The first-order valence-corrected chi connectivity index (χ1v) is 8.71. The molecule has 7 heteroatoms. The topological polar surface area (TPSA) is 83.3 Å². The average Bonchev–Trinajstić information content (AvgIpc) is 3.12. The number of terminal acetylenes is 1. The molecule has 7 nitrogen and oxygen atoms in total. The molecule has 0 saturated carbocycles. The third-order valence-electron chi connectivity index (χ3n) is 4.45. The van der Waals surface area contributed by atoms with E-state index >= 15 is 0 Å². The summed E-state index contributed by atoms with van der Waals surface area (Å²) in [6, 6.07) is 6.96. The van der Waals surface area contributed by atoms with Gasteiger partial charge in [0, 0.05) is 6.42 Å². The SMILES string of the molecule is C#CCCC(=O)Oc1ccc(C2CC(C)(C)C(=O)OCc3cn2nn3)cc1. The Labute approximate surface area is 157 Å². The Bertz CT molecular complexity index is 877. The fourth-order valence-electron chi connectivity index (χ4n) is 2.91. The average molecular weight is 367 g/mol. The van der Waals surface area contributed by atoms with Crippen LogP contribution in [0.1, 0.15) is 50.4 Å². The lowest BCUT2D eigenvalue weighted by molar-refractivity contribution is -0.156. The van der Waals surface area contributed by atoms with Crippen LogP contribution in [0.3, 0.4) is 0 Å². The summed E-state index contributed by atoms with van der Waals surface area (Å²) in [6.07, 6.45) is 7.96. The monoisotopic (exact) mass is 367 g/mol. The smallest absolute Gasteiger partial charge is 0.312 e. The minimum Gasteiger partial charge on any atom is -0.459 e. The first-order chi connectivity index (χ1) is 12.9. The standard InChI is InChI=1S/C20H21N3O4/c1-4-5-6-18(24)27-16-9-7-14(8-10-16)17-11-20(2,3)19(25)26-13-15-12-23(17)22-21-15/h1,7-10,12,17H,5-6,11,13H2,2-3H3. The van der Waals surface area contributed by atoms with Crippen LogP contribution in [-0.2, 0) is 20.9 Å². The Morgan fingerprint density at radius 1 is 1.41 bits per heavy atom. The van der Waals surface area contributed by atoms with Crippen molar-refractivity contribution in [2.24, 2.45) is 5.41 Å². The molecule has 2 bridgehead atoms. The predicted molar refractivity (Wildman–Crippen MR) is 96.5 cm³/mol. The normalized spacial score (nSPS) is 18.4. The van der Waals surface area contributed by atoms with E-state index in [4.69, 9.17) is 15.9 Å². The predicted octanol–water partition coefficient (Wildman–Crippen LogP) is 2.66. The molecular weight excluding hydrogens is 346 g/mol. The van der Waals surface area contributed by atoms with Crippen molar-refractivity contribution >= 4 is 11.9 Å². The van der Waals surface area contributed by atoms with Gasteiger partial charge in [0.05, 0.1) is 24.1 Å². The molecule has 1 unspecified atom stereocenters. The maximum absolute atomic E-state index is 12.3. The van der Waals surface area contributed by atoms with E-state index in [1.54, 1.807) is 23.0 Å². The van der Waals surface area contributed by atoms with E-state index < -0.39 is 5.41 Å². The van der Waals surface area contributed by atoms with E-state index in [9.17, 15) is 9.59 Å². The Balaban J connectivity index is 1.83. The molecule has 140 valence electrons. The number of carbonyl (C=O) groups is 2. The minimum atomic E-state index is -0.681. The van der Waals surface area contributed by atoms with Crippen molar-refractivity contribution in [2.45, 2.75) is 45.8 Å². The van der Waals surface area contributed by atoms with Gasteiger partial charge in [-0.2, -0.15) is 0 Å². The van der Waals surface area contributed by atoms with Crippen LogP contribution in [0.5, 0.6) is 5.75 Å². The number of hydrogen-bond acceptors (Lipinski definition) is 6. The number of esters is 2. The number of hydrogen-bond donors (Lipinski definition) is 0. The van der Waals surface area contributed by atoms with Gasteiger partial charge in [-0.1, -0.05) is 17.3 Å². The van der Waals surface area contributed by atoms with Crippen molar-refractivity contribution < 1.29 is 19.1 Å². The van der Waals surface area contributed by atoms with Crippen LogP contribution in [0.25, 0.3) is 0 Å². The highest BCUT2D eigenvalue weighted by molar-refractivity contribution is 5.76. The van der Waals surface area contributed by atoms with E-state index in [0.717, 1.165) is 5.56 Å².